The average molecular weight is 419 g/mol. The minimum absolute atomic E-state index is 0.0184. The summed E-state index contributed by atoms with van der Waals surface area (Å²) in [6.07, 6.45) is 3.49. The molecule has 0 saturated carbocycles. The zero-order valence-electron chi connectivity index (χ0n) is 17.9. The number of hydrogen-bond donors (Lipinski definition) is 1. The Bertz CT molecular complexity index is 1280. The van der Waals surface area contributed by atoms with Crippen molar-refractivity contribution in [2.75, 3.05) is 27.3 Å². The van der Waals surface area contributed by atoms with E-state index in [9.17, 15) is 4.79 Å². The van der Waals surface area contributed by atoms with Crippen molar-refractivity contribution in [2.24, 2.45) is 0 Å². The molecule has 1 unspecified atom stereocenters. The van der Waals surface area contributed by atoms with E-state index >= 15 is 0 Å². The maximum Gasteiger partial charge on any atom is 0.270 e. The molecule has 3 aromatic heterocycles. The summed E-state index contributed by atoms with van der Waals surface area (Å²) < 4.78 is 13.1. The van der Waals surface area contributed by atoms with Crippen LogP contribution in [-0.2, 0) is 6.42 Å². The van der Waals surface area contributed by atoms with Crippen molar-refractivity contribution in [2.45, 2.75) is 25.8 Å². The summed E-state index contributed by atoms with van der Waals surface area (Å²) in [5.41, 5.74) is 3.18. The summed E-state index contributed by atoms with van der Waals surface area (Å²) in [5.74, 6) is 2.25. The molecule has 0 bridgehead atoms. The molecule has 0 aliphatic carbocycles. The number of aryl methyl sites for hydroxylation is 1. The third kappa shape index (κ3) is 3.10. The largest absolute Gasteiger partial charge is 0.493 e. The van der Waals surface area contributed by atoms with Gasteiger partial charge in [-0.1, -0.05) is 6.92 Å². The van der Waals surface area contributed by atoms with Crippen LogP contribution in [0.1, 0.15) is 35.7 Å². The van der Waals surface area contributed by atoms with Crippen molar-refractivity contribution in [3.8, 4) is 11.5 Å². The van der Waals surface area contributed by atoms with Gasteiger partial charge in [0.05, 0.1) is 25.8 Å². The first-order valence-electron chi connectivity index (χ1n) is 10.5. The van der Waals surface area contributed by atoms with Crippen molar-refractivity contribution >= 4 is 28.0 Å². The highest BCUT2D eigenvalue weighted by atomic mass is 16.5. The molecule has 5 rings (SSSR count). The highest BCUT2D eigenvalue weighted by Crippen LogP contribution is 2.36. The molecule has 1 aliphatic heterocycles. The van der Waals surface area contributed by atoms with Gasteiger partial charge >= 0.3 is 0 Å². The van der Waals surface area contributed by atoms with Crippen LogP contribution in [0.3, 0.4) is 0 Å². The molecule has 0 radical (unpaired) electrons. The van der Waals surface area contributed by atoms with Crippen LogP contribution in [-0.4, -0.2) is 57.6 Å². The number of benzene rings is 1. The molecule has 1 aliphatic rings. The van der Waals surface area contributed by atoms with Gasteiger partial charge in [0.1, 0.15) is 17.0 Å². The number of carbonyl (C=O) groups is 1. The molecule has 8 heteroatoms. The summed E-state index contributed by atoms with van der Waals surface area (Å²) in [5, 5.41) is 0.832. The first-order valence-corrected chi connectivity index (χ1v) is 10.5. The molecule has 8 nitrogen and oxygen atoms in total. The lowest BCUT2D eigenvalue weighted by Gasteiger charge is -2.18. The lowest BCUT2D eigenvalue weighted by Crippen LogP contribution is -2.29. The zero-order chi connectivity index (χ0) is 21.5. The second-order valence-corrected chi connectivity index (χ2v) is 7.74. The number of fused-ring (bicyclic) bond motifs is 2. The Morgan fingerprint density at radius 1 is 1.26 bits per heavy atom. The van der Waals surface area contributed by atoms with Crippen LogP contribution < -0.4 is 9.47 Å². The Labute approximate surface area is 179 Å². The molecule has 31 heavy (non-hydrogen) atoms. The number of nitrogens with one attached hydrogen (secondary N) is 1. The number of aromatic amines is 1. The van der Waals surface area contributed by atoms with Crippen LogP contribution in [0, 0.1) is 0 Å². The van der Waals surface area contributed by atoms with Gasteiger partial charge in [0.25, 0.3) is 5.91 Å². The summed E-state index contributed by atoms with van der Waals surface area (Å²) in [4.78, 5) is 27.7. The maximum atomic E-state index is 13.3. The smallest absolute Gasteiger partial charge is 0.270 e. The van der Waals surface area contributed by atoms with Crippen molar-refractivity contribution in [3.05, 3.63) is 48.0 Å². The number of aromatic nitrogens is 4. The summed E-state index contributed by atoms with van der Waals surface area (Å²) in [6, 6.07) is 9.64. The van der Waals surface area contributed by atoms with Gasteiger partial charge in [0.15, 0.2) is 17.1 Å². The average Bonchev–Trinajstić information content (AvgIpc) is 3.53. The summed E-state index contributed by atoms with van der Waals surface area (Å²) in [6.45, 7) is 3.42. The van der Waals surface area contributed by atoms with Crippen molar-refractivity contribution in [1.29, 1.82) is 0 Å². The number of hydrogen-bond acceptors (Lipinski definition) is 5. The van der Waals surface area contributed by atoms with E-state index in [1.165, 1.54) is 0 Å². The molecule has 1 amide bonds. The molecule has 1 fully saturated rings. The second-order valence-electron chi connectivity index (χ2n) is 7.74. The van der Waals surface area contributed by atoms with Gasteiger partial charge < -0.3 is 23.9 Å². The number of likely N-dealkylation sites (tertiary alicyclic amines) is 1. The SMILES string of the molecule is CCc1nc2cccnc2n1C1CCN(C(=O)c2cc3c(OC)c(OC)ccc3[nH]2)C1. The molecule has 4 heterocycles. The summed E-state index contributed by atoms with van der Waals surface area (Å²) in [7, 11) is 3.21. The first-order chi connectivity index (χ1) is 15.1. The lowest BCUT2D eigenvalue weighted by molar-refractivity contribution is 0.0783. The number of imidazole rings is 1. The van der Waals surface area contributed by atoms with E-state index in [4.69, 9.17) is 14.5 Å². The Morgan fingerprint density at radius 2 is 2.13 bits per heavy atom. The Morgan fingerprint density at radius 3 is 2.90 bits per heavy atom. The third-order valence-electron chi connectivity index (χ3n) is 6.03. The number of pyridine rings is 1. The van der Waals surface area contributed by atoms with Gasteiger partial charge in [0.2, 0.25) is 0 Å². The molecule has 160 valence electrons. The number of amides is 1. The zero-order valence-corrected chi connectivity index (χ0v) is 17.9. The molecule has 1 N–H and O–H groups in total. The number of ether oxygens (including phenoxy) is 2. The van der Waals surface area contributed by atoms with Crippen LogP contribution in [0.4, 0.5) is 0 Å². The normalized spacial score (nSPS) is 16.4. The second kappa shape index (κ2) is 7.61. The predicted octanol–water partition coefficient (Wildman–Crippen LogP) is 3.58. The fraction of sp³-hybridized carbons (Fsp3) is 0.348. The minimum Gasteiger partial charge on any atom is -0.493 e. The number of nitrogens with zero attached hydrogens (tertiary/aromatic N) is 4. The topological polar surface area (TPSA) is 85.3 Å². The van der Waals surface area contributed by atoms with Crippen LogP contribution in [0.25, 0.3) is 22.1 Å². The van der Waals surface area contributed by atoms with Crippen LogP contribution >= 0.6 is 0 Å². The van der Waals surface area contributed by atoms with Gasteiger partial charge in [-0.3, -0.25) is 4.79 Å². The van der Waals surface area contributed by atoms with Crippen molar-refractivity contribution in [3.63, 3.8) is 0 Å². The minimum atomic E-state index is -0.0184. The van der Waals surface area contributed by atoms with E-state index in [2.05, 4.69) is 21.5 Å². The first kappa shape index (κ1) is 19.4. The van der Waals surface area contributed by atoms with E-state index in [1.807, 2.05) is 35.2 Å². The van der Waals surface area contributed by atoms with Crippen LogP contribution in [0.2, 0.25) is 0 Å². The quantitative estimate of drug-likeness (QED) is 0.534. The van der Waals surface area contributed by atoms with Crippen molar-refractivity contribution in [1.82, 2.24) is 24.4 Å². The number of rotatable bonds is 5. The highest BCUT2D eigenvalue weighted by molar-refractivity contribution is 6.00. The molecule has 4 aromatic rings. The van der Waals surface area contributed by atoms with E-state index in [1.54, 1.807) is 20.4 Å². The molecule has 1 atom stereocenters. The van der Waals surface area contributed by atoms with Crippen LogP contribution in [0.5, 0.6) is 11.5 Å². The fourth-order valence-corrected chi connectivity index (χ4v) is 4.56. The predicted molar refractivity (Wildman–Crippen MR) is 118 cm³/mol. The monoisotopic (exact) mass is 419 g/mol. The third-order valence-corrected chi connectivity index (χ3v) is 6.03. The number of methoxy groups -OCH3 is 2. The van der Waals surface area contributed by atoms with E-state index < -0.39 is 0 Å². The highest BCUT2D eigenvalue weighted by Gasteiger charge is 2.31. The lowest BCUT2D eigenvalue weighted by atomic mass is 10.2. The van der Waals surface area contributed by atoms with Crippen molar-refractivity contribution < 1.29 is 14.3 Å². The molecule has 1 aromatic carbocycles. The maximum absolute atomic E-state index is 13.3. The van der Waals surface area contributed by atoms with Gasteiger partial charge in [-0.25, -0.2) is 9.97 Å². The van der Waals surface area contributed by atoms with Gasteiger partial charge in [0, 0.05) is 31.1 Å². The van der Waals surface area contributed by atoms with Crippen LogP contribution in [0.15, 0.2) is 36.5 Å². The molecule has 0 spiro atoms. The molecular weight excluding hydrogens is 394 g/mol. The standard InChI is InChI=1S/C23H25N5O3/c1-4-20-26-17-6-5-10-24-22(17)28(20)14-9-11-27(13-14)23(29)18-12-15-16(25-18)7-8-19(30-2)21(15)31-3/h5-8,10,12,14,25H,4,9,11,13H2,1-3H3. The number of carbonyl (C=O) groups excluding carboxylic acids is 1. The van der Waals surface area contributed by atoms with Gasteiger partial charge in [-0.2, -0.15) is 0 Å². The van der Waals surface area contributed by atoms with Gasteiger partial charge in [-0.05, 0) is 36.8 Å². The Kier molecular flexibility index (Phi) is 4.77. The van der Waals surface area contributed by atoms with E-state index in [-0.39, 0.29) is 11.9 Å². The van der Waals surface area contributed by atoms with Gasteiger partial charge in [-0.15, -0.1) is 0 Å². The Balaban J connectivity index is 1.44. The summed E-state index contributed by atoms with van der Waals surface area (Å²) >= 11 is 0. The number of H-pyrrole nitrogens is 1. The Hall–Kier alpha value is -3.55. The van der Waals surface area contributed by atoms with E-state index in [0.717, 1.165) is 40.7 Å². The molecular formula is C23H25N5O3. The fourth-order valence-electron chi connectivity index (χ4n) is 4.56. The van der Waals surface area contributed by atoms with E-state index in [0.29, 0.717) is 30.3 Å². The molecule has 1 saturated heterocycles.